The standard InChI is InChI=1S/C21H30N4O5.HI/c1-21(2,3)30-20(27)24-8-9-25-15(13-24)12-23-19(25)22-11-14-6-7-17(28-4)16(10-14)18(26)29-5;/h6-7,10,15H,8-9,11-13H2,1-5H3,(H,22,23);1H. The molecule has 1 atom stereocenters. The van der Waals surface area contributed by atoms with Crippen LogP contribution in [0.5, 0.6) is 5.75 Å². The van der Waals surface area contributed by atoms with Crippen LogP contribution in [0.1, 0.15) is 36.7 Å². The van der Waals surface area contributed by atoms with Crippen LogP contribution in [-0.2, 0) is 16.0 Å². The molecule has 0 saturated carbocycles. The molecule has 0 spiro atoms. The highest BCUT2D eigenvalue weighted by atomic mass is 127. The van der Waals surface area contributed by atoms with Crippen molar-refractivity contribution in [2.75, 3.05) is 40.4 Å². The molecular weight excluding hydrogens is 515 g/mol. The molecule has 9 nitrogen and oxygen atoms in total. The number of carbonyl (C=O) groups is 2. The van der Waals surface area contributed by atoms with Gasteiger partial charge in [0.1, 0.15) is 16.9 Å². The van der Waals surface area contributed by atoms with Crippen LogP contribution in [0.4, 0.5) is 4.79 Å². The van der Waals surface area contributed by atoms with E-state index in [4.69, 9.17) is 14.2 Å². The lowest BCUT2D eigenvalue weighted by molar-refractivity contribution is 0.0137. The maximum absolute atomic E-state index is 12.3. The summed E-state index contributed by atoms with van der Waals surface area (Å²) in [5, 5.41) is 3.35. The largest absolute Gasteiger partial charge is 0.496 e. The van der Waals surface area contributed by atoms with Gasteiger partial charge in [0.2, 0.25) is 0 Å². The minimum absolute atomic E-state index is 0. The van der Waals surface area contributed by atoms with E-state index in [1.807, 2.05) is 26.8 Å². The van der Waals surface area contributed by atoms with E-state index in [1.165, 1.54) is 14.2 Å². The van der Waals surface area contributed by atoms with Crippen LogP contribution in [0.2, 0.25) is 0 Å². The van der Waals surface area contributed by atoms with Crippen LogP contribution < -0.4 is 10.1 Å². The van der Waals surface area contributed by atoms with E-state index < -0.39 is 11.6 Å². The molecule has 1 saturated heterocycles. The number of hydrogen-bond donors (Lipinski definition) is 1. The molecular formula is C21H31IN4O5. The summed E-state index contributed by atoms with van der Waals surface area (Å²) in [5.41, 5.74) is 0.792. The fourth-order valence-electron chi connectivity index (χ4n) is 3.54. The molecule has 2 aliphatic rings. The van der Waals surface area contributed by atoms with E-state index in [1.54, 1.807) is 17.0 Å². The Morgan fingerprint density at radius 1 is 1.23 bits per heavy atom. The second-order valence-electron chi connectivity index (χ2n) is 8.32. The van der Waals surface area contributed by atoms with Gasteiger partial charge in [0.25, 0.3) is 0 Å². The first-order valence-corrected chi connectivity index (χ1v) is 10.00. The summed E-state index contributed by atoms with van der Waals surface area (Å²) in [6.07, 6.45) is -0.280. The molecule has 0 bridgehead atoms. The van der Waals surface area contributed by atoms with E-state index >= 15 is 0 Å². The minimum Gasteiger partial charge on any atom is -0.496 e. The van der Waals surface area contributed by atoms with Crippen molar-refractivity contribution in [2.45, 2.75) is 39.0 Å². The van der Waals surface area contributed by atoms with Crippen LogP contribution in [0.3, 0.4) is 0 Å². The van der Waals surface area contributed by atoms with Crippen LogP contribution in [0, 0.1) is 0 Å². The third-order valence-electron chi connectivity index (χ3n) is 4.98. The van der Waals surface area contributed by atoms with E-state index in [2.05, 4.69) is 15.2 Å². The van der Waals surface area contributed by atoms with E-state index in [0.717, 1.165) is 11.5 Å². The maximum Gasteiger partial charge on any atom is 0.410 e. The lowest BCUT2D eigenvalue weighted by Crippen LogP contribution is -2.57. The van der Waals surface area contributed by atoms with Crippen LogP contribution in [-0.4, -0.2) is 79.9 Å². The van der Waals surface area contributed by atoms with Gasteiger partial charge in [0.05, 0.1) is 26.8 Å². The lowest BCUT2D eigenvalue weighted by Gasteiger charge is -2.39. The van der Waals surface area contributed by atoms with Crippen molar-refractivity contribution in [3.8, 4) is 5.75 Å². The van der Waals surface area contributed by atoms with Gasteiger partial charge in [0, 0.05) is 26.2 Å². The van der Waals surface area contributed by atoms with Crippen molar-refractivity contribution in [1.82, 2.24) is 15.1 Å². The second-order valence-corrected chi connectivity index (χ2v) is 8.32. The average Bonchev–Trinajstić information content (AvgIpc) is 3.12. The maximum atomic E-state index is 12.3. The number of hydrogen-bond acceptors (Lipinski definition) is 8. The molecule has 2 aliphatic heterocycles. The molecule has 0 aliphatic carbocycles. The first kappa shape index (κ1) is 25.0. The summed E-state index contributed by atoms with van der Waals surface area (Å²) in [4.78, 5) is 32.9. The molecule has 3 rings (SSSR count). The number of amides is 1. The molecule has 2 heterocycles. The van der Waals surface area contributed by atoms with Crippen LogP contribution in [0.25, 0.3) is 0 Å². The van der Waals surface area contributed by atoms with Crippen molar-refractivity contribution < 1.29 is 23.8 Å². The van der Waals surface area contributed by atoms with Crippen molar-refractivity contribution in [3.05, 3.63) is 29.3 Å². The number of fused-ring (bicyclic) bond motifs is 1. The van der Waals surface area contributed by atoms with Gasteiger partial charge in [-0.15, -0.1) is 24.0 Å². The Kier molecular flexibility index (Phi) is 8.38. The number of nitrogens with one attached hydrogen (secondary N) is 1. The smallest absolute Gasteiger partial charge is 0.410 e. The SMILES string of the molecule is COC(=O)c1cc(CNC2=NCC3CN(C(=O)OC(C)(C)C)CCN23)ccc1OC.I. The number of esters is 1. The first-order valence-electron chi connectivity index (χ1n) is 10.00. The molecule has 31 heavy (non-hydrogen) atoms. The predicted octanol–water partition coefficient (Wildman–Crippen LogP) is 2.48. The highest BCUT2D eigenvalue weighted by Gasteiger charge is 2.36. The zero-order chi connectivity index (χ0) is 21.9. The summed E-state index contributed by atoms with van der Waals surface area (Å²) in [6.45, 7) is 8.58. The number of methoxy groups -OCH3 is 2. The van der Waals surface area contributed by atoms with E-state index in [0.29, 0.717) is 44.0 Å². The Labute approximate surface area is 200 Å². The molecule has 1 unspecified atom stereocenters. The van der Waals surface area contributed by atoms with E-state index in [9.17, 15) is 9.59 Å². The van der Waals surface area contributed by atoms with Gasteiger partial charge in [-0.1, -0.05) is 6.07 Å². The lowest BCUT2D eigenvalue weighted by atomic mass is 10.1. The third-order valence-corrected chi connectivity index (χ3v) is 4.98. The number of halogens is 1. The summed E-state index contributed by atoms with van der Waals surface area (Å²) in [6, 6.07) is 5.54. The van der Waals surface area contributed by atoms with Gasteiger partial charge in [-0.3, -0.25) is 4.99 Å². The second kappa shape index (κ2) is 10.4. The van der Waals surface area contributed by atoms with Crippen LogP contribution >= 0.6 is 24.0 Å². The summed E-state index contributed by atoms with van der Waals surface area (Å²) in [7, 11) is 2.86. The fraction of sp³-hybridized carbons (Fsp3) is 0.571. The summed E-state index contributed by atoms with van der Waals surface area (Å²) in [5.74, 6) is 0.839. The number of benzene rings is 1. The zero-order valence-corrected chi connectivity index (χ0v) is 21.0. The Morgan fingerprint density at radius 3 is 2.61 bits per heavy atom. The normalized spacial score (nSPS) is 17.8. The predicted molar refractivity (Wildman–Crippen MR) is 127 cm³/mol. The fourth-order valence-corrected chi connectivity index (χ4v) is 3.54. The van der Waals surface area contributed by atoms with Crippen molar-refractivity contribution >= 4 is 42.0 Å². The Hall–Kier alpha value is -2.24. The molecule has 1 fully saturated rings. The van der Waals surface area contributed by atoms with E-state index in [-0.39, 0.29) is 36.1 Å². The number of piperazine rings is 1. The van der Waals surface area contributed by atoms with Gasteiger partial charge in [0.15, 0.2) is 5.96 Å². The van der Waals surface area contributed by atoms with Gasteiger partial charge in [-0.2, -0.15) is 0 Å². The highest BCUT2D eigenvalue weighted by molar-refractivity contribution is 14.0. The number of nitrogens with zero attached hydrogens (tertiary/aromatic N) is 3. The zero-order valence-electron chi connectivity index (χ0n) is 18.6. The molecule has 1 aromatic carbocycles. The summed E-state index contributed by atoms with van der Waals surface area (Å²) < 4.78 is 15.5. The third kappa shape index (κ3) is 6.14. The molecule has 172 valence electrons. The molecule has 1 N–H and O–H groups in total. The number of ether oxygens (including phenoxy) is 3. The Morgan fingerprint density at radius 2 is 1.97 bits per heavy atom. The van der Waals surface area contributed by atoms with Crippen LogP contribution in [0.15, 0.2) is 23.2 Å². The van der Waals surface area contributed by atoms with Gasteiger partial charge in [-0.05, 0) is 38.5 Å². The highest BCUT2D eigenvalue weighted by Crippen LogP contribution is 2.22. The molecule has 10 heteroatoms. The Bertz CT molecular complexity index is 840. The van der Waals surface area contributed by atoms with Gasteiger partial charge in [-0.25, -0.2) is 9.59 Å². The molecule has 0 aromatic heterocycles. The average molecular weight is 546 g/mol. The van der Waals surface area contributed by atoms with Crippen molar-refractivity contribution in [2.24, 2.45) is 4.99 Å². The first-order chi connectivity index (χ1) is 14.2. The number of rotatable bonds is 4. The quantitative estimate of drug-likeness (QED) is 0.459. The molecule has 1 aromatic rings. The molecule has 0 radical (unpaired) electrons. The molecule has 1 amide bonds. The Balaban J connectivity index is 0.00000341. The minimum atomic E-state index is -0.505. The summed E-state index contributed by atoms with van der Waals surface area (Å²) >= 11 is 0. The topological polar surface area (TPSA) is 92.7 Å². The number of carbonyl (C=O) groups excluding carboxylic acids is 2. The number of guanidine groups is 1. The van der Waals surface area contributed by atoms with Gasteiger partial charge >= 0.3 is 12.1 Å². The van der Waals surface area contributed by atoms with Crippen molar-refractivity contribution in [3.63, 3.8) is 0 Å². The number of aliphatic imine (C=N–C) groups is 1. The van der Waals surface area contributed by atoms with Crippen molar-refractivity contribution in [1.29, 1.82) is 0 Å². The van der Waals surface area contributed by atoms with Gasteiger partial charge < -0.3 is 29.3 Å². The monoisotopic (exact) mass is 546 g/mol.